The highest BCUT2D eigenvalue weighted by atomic mass is 32.1. The fourth-order valence-electron chi connectivity index (χ4n) is 3.75. The van der Waals surface area contributed by atoms with Crippen LogP contribution in [0.25, 0.3) is 53.9 Å². The molecule has 6 rings (SSSR count). The zero-order chi connectivity index (χ0) is 19.2. The molecule has 3 aromatic carbocycles. The lowest BCUT2D eigenvalue weighted by atomic mass is 10.0. The van der Waals surface area contributed by atoms with E-state index < -0.39 is 0 Å². The Morgan fingerprint density at radius 2 is 1.38 bits per heavy atom. The summed E-state index contributed by atoms with van der Waals surface area (Å²) in [7, 11) is 0. The Kier molecular flexibility index (Phi) is 3.64. The van der Waals surface area contributed by atoms with Gasteiger partial charge in [-0.25, -0.2) is 9.97 Å². The molecule has 0 radical (unpaired) electrons. The van der Waals surface area contributed by atoms with Crippen molar-refractivity contribution in [2.75, 3.05) is 0 Å². The first-order chi connectivity index (χ1) is 14.4. The van der Waals surface area contributed by atoms with E-state index in [4.69, 9.17) is 15.0 Å². The third-order valence-corrected chi connectivity index (χ3v) is 6.20. The molecule has 0 unspecified atom stereocenters. The van der Waals surface area contributed by atoms with E-state index >= 15 is 0 Å². The Morgan fingerprint density at radius 3 is 2.28 bits per heavy atom. The highest BCUT2D eigenvalue weighted by Gasteiger charge is 2.18. The van der Waals surface area contributed by atoms with E-state index in [9.17, 15) is 0 Å². The van der Waals surface area contributed by atoms with Crippen LogP contribution in [0, 0.1) is 0 Å². The van der Waals surface area contributed by atoms with Gasteiger partial charge in [0.05, 0.1) is 27.1 Å². The predicted molar refractivity (Wildman–Crippen MR) is 121 cm³/mol. The summed E-state index contributed by atoms with van der Waals surface area (Å²) < 4.78 is 1.17. The number of rotatable bonds is 2. The Hall–Kier alpha value is -3.63. The molecule has 0 aliphatic rings. The molecule has 29 heavy (non-hydrogen) atoms. The number of fused-ring (bicyclic) bond motifs is 3. The number of thiazole rings is 1. The quantitative estimate of drug-likeness (QED) is 0.330. The van der Waals surface area contributed by atoms with E-state index in [1.54, 1.807) is 11.3 Å². The first-order valence-corrected chi connectivity index (χ1v) is 10.3. The van der Waals surface area contributed by atoms with Crippen LogP contribution in [0.5, 0.6) is 0 Å². The van der Waals surface area contributed by atoms with Crippen LogP contribution < -0.4 is 0 Å². The summed E-state index contributed by atoms with van der Waals surface area (Å²) in [5.41, 5.74) is 4.76. The lowest BCUT2D eigenvalue weighted by Gasteiger charge is -2.10. The monoisotopic (exact) mass is 389 g/mol. The van der Waals surface area contributed by atoms with Crippen molar-refractivity contribution in [2.24, 2.45) is 0 Å². The van der Waals surface area contributed by atoms with E-state index in [2.05, 4.69) is 54.6 Å². The molecular formula is C25H15N3S. The summed E-state index contributed by atoms with van der Waals surface area (Å²) in [6.45, 7) is 0. The molecule has 3 aromatic heterocycles. The third kappa shape index (κ3) is 2.69. The lowest BCUT2D eigenvalue weighted by molar-refractivity contribution is 1.29. The molecule has 0 spiro atoms. The summed E-state index contributed by atoms with van der Waals surface area (Å²) in [4.78, 5) is 14.7. The molecule has 4 heteroatoms. The fraction of sp³-hybridized carbons (Fsp3) is 0. The van der Waals surface area contributed by atoms with Gasteiger partial charge in [-0.15, -0.1) is 11.3 Å². The van der Waals surface area contributed by atoms with Crippen LogP contribution >= 0.6 is 11.3 Å². The number of pyridine rings is 2. The summed E-state index contributed by atoms with van der Waals surface area (Å²) in [6.07, 6.45) is 1.93. The van der Waals surface area contributed by atoms with Crippen LogP contribution in [0.3, 0.4) is 0 Å². The van der Waals surface area contributed by atoms with Crippen LogP contribution in [-0.4, -0.2) is 15.0 Å². The van der Waals surface area contributed by atoms with Crippen molar-refractivity contribution < 1.29 is 0 Å². The number of nitrogens with zero attached hydrogens (tertiary/aromatic N) is 3. The SMILES string of the molecule is c1ccc2nc(-c3ncc4ccccc4c3-c3nc4ccccc4s3)ccc2c1. The molecule has 0 aliphatic heterocycles. The van der Waals surface area contributed by atoms with Gasteiger partial charge in [0.25, 0.3) is 0 Å². The number of para-hydroxylation sites is 2. The molecule has 0 saturated heterocycles. The second-order valence-electron chi connectivity index (χ2n) is 6.94. The highest BCUT2D eigenvalue weighted by molar-refractivity contribution is 7.21. The van der Waals surface area contributed by atoms with Crippen LogP contribution in [0.15, 0.2) is 91.1 Å². The maximum atomic E-state index is 4.93. The zero-order valence-electron chi connectivity index (χ0n) is 15.4. The summed E-state index contributed by atoms with van der Waals surface area (Å²) >= 11 is 1.70. The van der Waals surface area contributed by atoms with Gasteiger partial charge < -0.3 is 0 Å². The normalized spacial score (nSPS) is 11.4. The van der Waals surface area contributed by atoms with Crippen molar-refractivity contribution in [3.05, 3.63) is 91.1 Å². The van der Waals surface area contributed by atoms with Crippen molar-refractivity contribution in [1.82, 2.24) is 15.0 Å². The Bertz CT molecular complexity index is 1480. The summed E-state index contributed by atoms with van der Waals surface area (Å²) in [6, 6.07) is 28.9. The Labute approximate surface area is 171 Å². The van der Waals surface area contributed by atoms with Crippen molar-refractivity contribution >= 4 is 43.2 Å². The largest absolute Gasteiger partial charge is 0.253 e. The minimum atomic E-state index is 0.865. The topological polar surface area (TPSA) is 38.7 Å². The van der Waals surface area contributed by atoms with E-state index in [-0.39, 0.29) is 0 Å². The molecule has 0 fully saturated rings. The van der Waals surface area contributed by atoms with E-state index in [1.807, 2.05) is 36.5 Å². The standard InChI is InChI=1S/C25H15N3S/c1-3-9-18-17(8-1)15-26-24(21-14-13-16-7-2-4-10-19(16)27-21)23(18)25-28-20-11-5-6-12-22(20)29-25/h1-15H. The van der Waals surface area contributed by atoms with Crippen LogP contribution in [0.2, 0.25) is 0 Å². The summed E-state index contributed by atoms with van der Waals surface area (Å²) in [5, 5.41) is 4.34. The average molecular weight is 389 g/mol. The lowest BCUT2D eigenvalue weighted by Crippen LogP contribution is -1.94. The average Bonchev–Trinajstić information content (AvgIpc) is 3.22. The van der Waals surface area contributed by atoms with Crippen molar-refractivity contribution in [2.45, 2.75) is 0 Å². The molecule has 0 N–H and O–H groups in total. The number of aromatic nitrogens is 3. The molecule has 0 aliphatic carbocycles. The van der Waals surface area contributed by atoms with E-state index in [0.717, 1.165) is 49.2 Å². The van der Waals surface area contributed by atoms with Gasteiger partial charge in [0.15, 0.2) is 0 Å². The maximum absolute atomic E-state index is 4.93. The molecule has 0 bridgehead atoms. The molecule has 3 nitrogen and oxygen atoms in total. The van der Waals surface area contributed by atoms with Gasteiger partial charge in [-0.2, -0.15) is 0 Å². The van der Waals surface area contributed by atoms with Gasteiger partial charge in [0, 0.05) is 22.5 Å². The molecule has 0 amide bonds. The second-order valence-corrected chi connectivity index (χ2v) is 7.98. The van der Waals surface area contributed by atoms with E-state index in [0.29, 0.717) is 0 Å². The van der Waals surface area contributed by atoms with Gasteiger partial charge in [0.2, 0.25) is 0 Å². The van der Waals surface area contributed by atoms with Crippen molar-refractivity contribution in [3.8, 4) is 22.0 Å². The molecule has 0 atom stereocenters. The number of hydrogen-bond donors (Lipinski definition) is 0. The van der Waals surface area contributed by atoms with Gasteiger partial charge >= 0.3 is 0 Å². The predicted octanol–water partition coefficient (Wildman–Crippen LogP) is 6.73. The molecular weight excluding hydrogens is 374 g/mol. The van der Waals surface area contributed by atoms with Crippen LogP contribution in [0.4, 0.5) is 0 Å². The second kappa shape index (κ2) is 6.47. The first-order valence-electron chi connectivity index (χ1n) is 9.47. The Morgan fingerprint density at radius 1 is 0.621 bits per heavy atom. The first kappa shape index (κ1) is 16.3. The van der Waals surface area contributed by atoms with Gasteiger partial charge in [0.1, 0.15) is 5.01 Å². The minimum absolute atomic E-state index is 0.865. The molecule has 0 saturated carbocycles. The number of benzene rings is 3. The van der Waals surface area contributed by atoms with Crippen LogP contribution in [-0.2, 0) is 0 Å². The Balaban J connectivity index is 1.68. The van der Waals surface area contributed by atoms with Gasteiger partial charge in [-0.3, -0.25) is 4.98 Å². The zero-order valence-corrected chi connectivity index (χ0v) is 16.2. The van der Waals surface area contributed by atoms with E-state index in [1.165, 1.54) is 4.70 Å². The summed E-state index contributed by atoms with van der Waals surface area (Å²) in [5.74, 6) is 0. The minimum Gasteiger partial charge on any atom is -0.253 e. The number of hydrogen-bond acceptors (Lipinski definition) is 4. The van der Waals surface area contributed by atoms with Crippen molar-refractivity contribution in [3.63, 3.8) is 0 Å². The van der Waals surface area contributed by atoms with Crippen LogP contribution in [0.1, 0.15) is 0 Å². The molecule has 6 aromatic rings. The molecule has 3 heterocycles. The van der Waals surface area contributed by atoms with Gasteiger partial charge in [-0.1, -0.05) is 60.7 Å². The maximum Gasteiger partial charge on any atom is 0.127 e. The fourth-order valence-corrected chi connectivity index (χ4v) is 4.78. The highest BCUT2D eigenvalue weighted by Crippen LogP contribution is 2.39. The van der Waals surface area contributed by atoms with Gasteiger partial charge in [-0.05, 0) is 29.7 Å². The third-order valence-electron chi connectivity index (χ3n) is 5.15. The molecule has 136 valence electrons. The van der Waals surface area contributed by atoms with Crippen molar-refractivity contribution in [1.29, 1.82) is 0 Å². The smallest absolute Gasteiger partial charge is 0.127 e.